The van der Waals surface area contributed by atoms with Crippen LogP contribution in [0.25, 0.3) is 10.9 Å². The molecule has 5 nitrogen and oxygen atoms in total. The van der Waals surface area contributed by atoms with Crippen molar-refractivity contribution < 1.29 is 9.59 Å². The Labute approximate surface area is 184 Å². The number of nitrogens with zero attached hydrogens (tertiary/aromatic N) is 2. The third-order valence-electron chi connectivity index (χ3n) is 6.34. The number of nitrogens with one attached hydrogen (secondary N) is 1. The Kier molecular flexibility index (Phi) is 6.12. The van der Waals surface area contributed by atoms with Gasteiger partial charge in [0.2, 0.25) is 0 Å². The van der Waals surface area contributed by atoms with Crippen LogP contribution in [0.4, 0.5) is 0 Å². The Bertz CT molecular complexity index is 1070. The maximum absolute atomic E-state index is 13.2. The molecule has 0 spiro atoms. The molecule has 1 aliphatic rings. The zero-order chi connectivity index (χ0) is 22.0. The number of carbonyl (C=O) groups is 2. The first-order valence-corrected chi connectivity index (χ1v) is 11.1. The highest BCUT2D eigenvalue weighted by atomic mass is 16.2. The van der Waals surface area contributed by atoms with Gasteiger partial charge in [0, 0.05) is 43.1 Å². The molecule has 1 saturated carbocycles. The van der Waals surface area contributed by atoms with Crippen molar-refractivity contribution in [1.82, 2.24) is 14.8 Å². The van der Waals surface area contributed by atoms with E-state index in [-0.39, 0.29) is 17.9 Å². The van der Waals surface area contributed by atoms with Crippen LogP contribution in [0.15, 0.2) is 54.6 Å². The van der Waals surface area contributed by atoms with Crippen LogP contribution < -0.4 is 5.32 Å². The zero-order valence-corrected chi connectivity index (χ0v) is 18.6. The zero-order valence-electron chi connectivity index (χ0n) is 18.6. The van der Waals surface area contributed by atoms with Crippen LogP contribution in [0.3, 0.4) is 0 Å². The number of rotatable bonds is 5. The summed E-state index contributed by atoms with van der Waals surface area (Å²) >= 11 is 0. The standard InChI is InChI=1S/C26H31N3O2/c1-18-8-14-22(15-9-18)27-25(30)24-16-21-6-4-5-7-23(21)29(24)17-19-10-12-20(13-11-19)26(31)28(2)3/h4-7,10-13,16,18,22H,8-9,14-15,17H2,1-3H3,(H,27,30). The number of carbonyl (C=O) groups excluding carboxylic acids is 2. The van der Waals surface area contributed by atoms with Gasteiger partial charge in [-0.1, -0.05) is 37.3 Å². The lowest BCUT2D eigenvalue weighted by Crippen LogP contribution is -2.38. The molecular weight excluding hydrogens is 386 g/mol. The van der Waals surface area contributed by atoms with Crippen LogP contribution in [0.5, 0.6) is 0 Å². The molecule has 2 amide bonds. The van der Waals surface area contributed by atoms with Crippen LogP contribution in [-0.2, 0) is 6.54 Å². The van der Waals surface area contributed by atoms with Crippen molar-refractivity contribution in [2.45, 2.75) is 45.2 Å². The van der Waals surface area contributed by atoms with Crippen LogP contribution >= 0.6 is 0 Å². The van der Waals surface area contributed by atoms with E-state index in [1.807, 2.05) is 48.5 Å². The second kappa shape index (κ2) is 8.96. The molecular formula is C26H31N3O2. The molecule has 0 radical (unpaired) electrons. The Hall–Kier alpha value is -3.08. The summed E-state index contributed by atoms with van der Waals surface area (Å²) in [5.41, 5.74) is 3.44. The second-order valence-electron chi connectivity index (χ2n) is 9.00. The van der Waals surface area contributed by atoms with E-state index in [4.69, 9.17) is 0 Å². The number of para-hydroxylation sites is 1. The highest BCUT2D eigenvalue weighted by Gasteiger charge is 2.23. The molecule has 0 bridgehead atoms. The summed E-state index contributed by atoms with van der Waals surface area (Å²) in [6, 6.07) is 18.0. The van der Waals surface area contributed by atoms with Crippen LogP contribution in [0, 0.1) is 5.92 Å². The van der Waals surface area contributed by atoms with Crippen molar-refractivity contribution in [3.63, 3.8) is 0 Å². The van der Waals surface area contributed by atoms with Gasteiger partial charge in [0.25, 0.3) is 11.8 Å². The van der Waals surface area contributed by atoms with Crippen molar-refractivity contribution in [1.29, 1.82) is 0 Å². The van der Waals surface area contributed by atoms with Crippen molar-refractivity contribution in [2.24, 2.45) is 5.92 Å². The summed E-state index contributed by atoms with van der Waals surface area (Å²) in [5, 5.41) is 4.33. The topological polar surface area (TPSA) is 54.3 Å². The maximum atomic E-state index is 13.2. The fourth-order valence-electron chi connectivity index (χ4n) is 4.43. The highest BCUT2D eigenvalue weighted by Crippen LogP contribution is 2.25. The van der Waals surface area contributed by atoms with Gasteiger partial charge in [-0.2, -0.15) is 0 Å². The average molecular weight is 418 g/mol. The number of hydrogen-bond donors (Lipinski definition) is 1. The Morgan fingerprint density at radius 3 is 2.35 bits per heavy atom. The molecule has 1 heterocycles. The molecule has 1 aliphatic carbocycles. The van der Waals surface area contributed by atoms with E-state index >= 15 is 0 Å². The first kappa shape index (κ1) is 21.2. The van der Waals surface area contributed by atoms with E-state index in [0.29, 0.717) is 17.8 Å². The van der Waals surface area contributed by atoms with Gasteiger partial charge in [0.05, 0.1) is 0 Å². The number of hydrogen-bond acceptors (Lipinski definition) is 2. The van der Waals surface area contributed by atoms with E-state index in [1.165, 1.54) is 12.8 Å². The van der Waals surface area contributed by atoms with E-state index in [1.54, 1.807) is 19.0 Å². The average Bonchev–Trinajstić information content (AvgIpc) is 3.14. The predicted octanol–water partition coefficient (Wildman–Crippen LogP) is 4.70. The first-order chi connectivity index (χ1) is 14.9. The molecule has 2 aromatic carbocycles. The van der Waals surface area contributed by atoms with E-state index < -0.39 is 0 Å². The summed E-state index contributed by atoms with van der Waals surface area (Å²) in [6.45, 7) is 2.86. The van der Waals surface area contributed by atoms with E-state index in [0.717, 1.165) is 35.2 Å². The minimum atomic E-state index is -0.0140. The van der Waals surface area contributed by atoms with Crippen LogP contribution in [-0.4, -0.2) is 41.4 Å². The molecule has 4 rings (SSSR count). The molecule has 0 unspecified atom stereocenters. The number of benzene rings is 2. The third kappa shape index (κ3) is 4.66. The highest BCUT2D eigenvalue weighted by molar-refractivity contribution is 5.99. The maximum Gasteiger partial charge on any atom is 0.268 e. The number of aromatic nitrogens is 1. The summed E-state index contributed by atoms with van der Waals surface area (Å²) in [4.78, 5) is 27.0. The van der Waals surface area contributed by atoms with Crippen molar-refractivity contribution in [2.75, 3.05) is 14.1 Å². The van der Waals surface area contributed by atoms with E-state index in [9.17, 15) is 9.59 Å². The Morgan fingerprint density at radius 1 is 1.00 bits per heavy atom. The molecule has 0 aliphatic heterocycles. The summed E-state index contributed by atoms with van der Waals surface area (Å²) in [5.74, 6) is 0.733. The number of amides is 2. The fourth-order valence-corrected chi connectivity index (χ4v) is 4.43. The first-order valence-electron chi connectivity index (χ1n) is 11.1. The fraction of sp³-hybridized carbons (Fsp3) is 0.385. The summed E-state index contributed by atoms with van der Waals surface area (Å²) < 4.78 is 2.08. The van der Waals surface area contributed by atoms with Crippen molar-refractivity contribution in [3.05, 3.63) is 71.4 Å². The minimum absolute atomic E-state index is 0.00448. The Balaban J connectivity index is 1.59. The molecule has 31 heavy (non-hydrogen) atoms. The minimum Gasteiger partial charge on any atom is -0.348 e. The molecule has 162 valence electrons. The van der Waals surface area contributed by atoms with Gasteiger partial charge < -0.3 is 14.8 Å². The molecule has 1 aromatic heterocycles. The summed E-state index contributed by atoms with van der Waals surface area (Å²) in [6.07, 6.45) is 4.45. The van der Waals surface area contributed by atoms with Crippen LogP contribution in [0.1, 0.15) is 59.0 Å². The normalized spacial score (nSPS) is 18.7. The molecule has 1 fully saturated rings. The smallest absolute Gasteiger partial charge is 0.268 e. The van der Waals surface area contributed by atoms with Gasteiger partial charge >= 0.3 is 0 Å². The lowest BCUT2D eigenvalue weighted by molar-refractivity contribution is 0.0827. The van der Waals surface area contributed by atoms with Gasteiger partial charge in [-0.3, -0.25) is 9.59 Å². The third-order valence-corrected chi connectivity index (χ3v) is 6.34. The van der Waals surface area contributed by atoms with Crippen molar-refractivity contribution in [3.8, 4) is 0 Å². The van der Waals surface area contributed by atoms with E-state index in [2.05, 4.69) is 22.9 Å². The Morgan fingerprint density at radius 2 is 1.68 bits per heavy atom. The largest absolute Gasteiger partial charge is 0.348 e. The number of fused-ring (bicyclic) bond motifs is 1. The molecule has 1 N–H and O–H groups in total. The van der Waals surface area contributed by atoms with Crippen molar-refractivity contribution >= 4 is 22.7 Å². The lowest BCUT2D eigenvalue weighted by Gasteiger charge is -2.27. The monoisotopic (exact) mass is 417 g/mol. The van der Waals surface area contributed by atoms with Crippen LogP contribution in [0.2, 0.25) is 0 Å². The predicted molar refractivity (Wildman–Crippen MR) is 124 cm³/mol. The summed E-state index contributed by atoms with van der Waals surface area (Å²) in [7, 11) is 3.50. The quantitative estimate of drug-likeness (QED) is 0.654. The SMILES string of the molecule is CC1CCC(NC(=O)c2cc3ccccc3n2Cc2ccc(C(=O)N(C)C)cc2)CC1. The van der Waals surface area contributed by atoms with Gasteiger partial charge in [-0.15, -0.1) is 0 Å². The molecule has 0 saturated heterocycles. The van der Waals surface area contributed by atoms with Gasteiger partial charge in [0.15, 0.2) is 0 Å². The second-order valence-corrected chi connectivity index (χ2v) is 9.00. The lowest BCUT2D eigenvalue weighted by atomic mass is 9.87. The van der Waals surface area contributed by atoms with Gasteiger partial charge in [0.1, 0.15) is 5.69 Å². The molecule has 5 heteroatoms. The van der Waals surface area contributed by atoms with Gasteiger partial charge in [-0.05, 0) is 61.4 Å². The molecule has 0 atom stereocenters. The molecule has 3 aromatic rings. The van der Waals surface area contributed by atoms with Gasteiger partial charge in [-0.25, -0.2) is 0 Å².